The molecule has 18 heavy (non-hydrogen) atoms. The third-order valence-corrected chi connectivity index (χ3v) is 3.45. The second-order valence-corrected chi connectivity index (χ2v) is 6.68. The quantitative estimate of drug-likeness (QED) is 0.663. The number of hydrogen-bond donors (Lipinski definition) is 1. The van der Waals surface area contributed by atoms with Crippen molar-refractivity contribution in [1.29, 1.82) is 0 Å². The van der Waals surface area contributed by atoms with E-state index in [1.807, 2.05) is 0 Å². The average Bonchev–Trinajstić information content (AvgIpc) is 2.13. The highest BCUT2D eigenvalue weighted by Crippen LogP contribution is 2.28. The summed E-state index contributed by atoms with van der Waals surface area (Å²) in [5.41, 5.74) is 0.0726. The van der Waals surface area contributed by atoms with E-state index in [0.717, 1.165) is 6.26 Å². The second kappa shape index (κ2) is 5.53. The molecule has 0 radical (unpaired) electrons. The van der Waals surface area contributed by atoms with Gasteiger partial charge in [0.2, 0.25) is 0 Å². The largest absolute Gasteiger partial charge is 0.376 e. The molecular weight excluding hydrogens is 280 g/mol. The van der Waals surface area contributed by atoms with Gasteiger partial charge in [-0.05, 0) is 19.1 Å². The number of sulfone groups is 1. The van der Waals surface area contributed by atoms with Crippen molar-refractivity contribution >= 4 is 32.8 Å². The fourth-order valence-electron chi connectivity index (χ4n) is 1.54. The summed E-state index contributed by atoms with van der Waals surface area (Å²) < 4.78 is 22.2. The lowest BCUT2D eigenvalue weighted by atomic mass is 10.2. The summed E-state index contributed by atoms with van der Waals surface area (Å²) in [4.78, 5) is 10.3. The first kappa shape index (κ1) is 14.7. The van der Waals surface area contributed by atoms with Gasteiger partial charge in [-0.1, -0.05) is 11.6 Å². The number of rotatable bonds is 5. The number of nitro benzene ring substituents is 1. The van der Waals surface area contributed by atoms with Crippen LogP contribution in [0.4, 0.5) is 11.4 Å². The van der Waals surface area contributed by atoms with E-state index >= 15 is 0 Å². The van der Waals surface area contributed by atoms with E-state index < -0.39 is 20.8 Å². The maximum Gasteiger partial charge on any atom is 0.292 e. The van der Waals surface area contributed by atoms with Crippen molar-refractivity contribution in [2.75, 3.05) is 17.3 Å². The monoisotopic (exact) mass is 292 g/mol. The third-order valence-electron chi connectivity index (χ3n) is 2.11. The van der Waals surface area contributed by atoms with Gasteiger partial charge in [-0.2, -0.15) is 0 Å². The Labute approximate surface area is 110 Å². The molecule has 1 rings (SSSR count). The molecule has 0 bridgehead atoms. The molecular formula is C10H13ClN2O4S. The van der Waals surface area contributed by atoms with Gasteiger partial charge in [-0.15, -0.1) is 0 Å². The number of nitrogens with zero attached hydrogens (tertiary/aromatic N) is 1. The Morgan fingerprint density at radius 1 is 1.50 bits per heavy atom. The van der Waals surface area contributed by atoms with E-state index in [9.17, 15) is 18.5 Å². The lowest BCUT2D eigenvalue weighted by Crippen LogP contribution is -2.25. The summed E-state index contributed by atoms with van der Waals surface area (Å²) >= 11 is 5.76. The second-order valence-electron chi connectivity index (χ2n) is 4.06. The Balaban J connectivity index is 2.96. The summed E-state index contributed by atoms with van der Waals surface area (Å²) in [6, 6.07) is 3.64. The highest BCUT2D eigenvalue weighted by molar-refractivity contribution is 7.90. The zero-order valence-electron chi connectivity index (χ0n) is 9.88. The van der Waals surface area contributed by atoms with Gasteiger partial charge in [0, 0.05) is 23.4 Å². The van der Waals surface area contributed by atoms with Gasteiger partial charge in [-0.3, -0.25) is 10.1 Å². The highest BCUT2D eigenvalue weighted by atomic mass is 35.5. The molecule has 1 aromatic carbocycles. The van der Waals surface area contributed by atoms with E-state index in [0.29, 0.717) is 5.02 Å². The molecule has 0 aromatic heterocycles. The maximum absolute atomic E-state index is 11.1. The molecule has 1 N–H and O–H groups in total. The van der Waals surface area contributed by atoms with Crippen molar-refractivity contribution in [3.8, 4) is 0 Å². The van der Waals surface area contributed by atoms with Crippen LogP contribution in [0.2, 0.25) is 5.02 Å². The standard InChI is InChI=1S/C10H13ClN2O4S/c1-7(6-18(2,16)17)12-9-5-8(11)3-4-10(9)13(14)15/h3-5,7,12H,6H2,1-2H3. The zero-order valence-corrected chi connectivity index (χ0v) is 11.5. The molecule has 0 spiro atoms. The lowest BCUT2D eigenvalue weighted by Gasteiger charge is -2.14. The number of halogens is 1. The third kappa shape index (κ3) is 4.50. The molecule has 0 aliphatic carbocycles. The van der Waals surface area contributed by atoms with Crippen LogP contribution in [0.25, 0.3) is 0 Å². The summed E-state index contributed by atoms with van der Waals surface area (Å²) in [6.45, 7) is 1.63. The van der Waals surface area contributed by atoms with Crippen molar-refractivity contribution in [3.05, 3.63) is 33.3 Å². The van der Waals surface area contributed by atoms with Gasteiger partial charge in [-0.25, -0.2) is 8.42 Å². The molecule has 0 saturated carbocycles. The molecule has 0 fully saturated rings. The van der Waals surface area contributed by atoms with Crippen molar-refractivity contribution < 1.29 is 13.3 Å². The van der Waals surface area contributed by atoms with Gasteiger partial charge < -0.3 is 5.32 Å². The van der Waals surface area contributed by atoms with Crippen molar-refractivity contribution in [3.63, 3.8) is 0 Å². The predicted molar refractivity (Wildman–Crippen MR) is 70.9 cm³/mol. The summed E-state index contributed by atoms with van der Waals surface area (Å²) in [5, 5.41) is 13.9. The van der Waals surface area contributed by atoms with Crippen LogP contribution in [0.1, 0.15) is 6.92 Å². The Kier molecular flexibility index (Phi) is 4.53. The summed E-state index contributed by atoms with van der Waals surface area (Å²) in [6.07, 6.45) is 1.11. The van der Waals surface area contributed by atoms with Crippen LogP contribution in [0.5, 0.6) is 0 Å². The van der Waals surface area contributed by atoms with Crippen LogP contribution in [0.15, 0.2) is 18.2 Å². The van der Waals surface area contributed by atoms with Crippen LogP contribution in [-0.4, -0.2) is 31.4 Å². The molecule has 0 saturated heterocycles. The van der Waals surface area contributed by atoms with Crippen molar-refractivity contribution in [2.45, 2.75) is 13.0 Å². The molecule has 0 aliphatic rings. The van der Waals surface area contributed by atoms with Crippen molar-refractivity contribution in [2.24, 2.45) is 0 Å². The number of benzene rings is 1. The fraction of sp³-hybridized carbons (Fsp3) is 0.400. The van der Waals surface area contributed by atoms with E-state index in [1.165, 1.54) is 18.2 Å². The van der Waals surface area contributed by atoms with E-state index in [-0.39, 0.29) is 17.1 Å². The molecule has 6 nitrogen and oxygen atoms in total. The molecule has 8 heteroatoms. The Bertz CT molecular complexity index is 559. The SMILES string of the molecule is CC(CS(C)(=O)=O)Nc1cc(Cl)ccc1[N+](=O)[O-]. The van der Waals surface area contributed by atoms with Crippen molar-refractivity contribution in [1.82, 2.24) is 0 Å². The molecule has 100 valence electrons. The molecule has 0 amide bonds. The van der Waals surface area contributed by atoms with Gasteiger partial charge in [0.25, 0.3) is 5.69 Å². The van der Waals surface area contributed by atoms with Crippen LogP contribution >= 0.6 is 11.6 Å². The predicted octanol–water partition coefficient (Wildman–Crippen LogP) is 2.09. The molecule has 0 aliphatic heterocycles. The first-order chi connectivity index (χ1) is 8.19. The van der Waals surface area contributed by atoms with E-state index in [2.05, 4.69) is 5.32 Å². The summed E-state index contributed by atoms with van der Waals surface area (Å²) in [7, 11) is -3.15. The topological polar surface area (TPSA) is 89.3 Å². The van der Waals surface area contributed by atoms with Gasteiger partial charge in [0.15, 0.2) is 0 Å². The minimum atomic E-state index is -3.15. The average molecular weight is 293 g/mol. The van der Waals surface area contributed by atoms with Crippen LogP contribution in [-0.2, 0) is 9.84 Å². The Hall–Kier alpha value is -1.34. The van der Waals surface area contributed by atoms with E-state index in [1.54, 1.807) is 6.92 Å². The van der Waals surface area contributed by atoms with Crippen LogP contribution in [0.3, 0.4) is 0 Å². The van der Waals surface area contributed by atoms with Gasteiger partial charge >= 0.3 is 0 Å². The van der Waals surface area contributed by atoms with Crippen LogP contribution in [0, 0.1) is 10.1 Å². The van der Waals surface area contributed by atoms with Crippen LogP contribution < -0.4 is 5.32 Å². The lowest BCUT2D eigenvalue weighted by molar-refractivity contribution is -0.384. The molecule has 1 unspecified atom stereocenters. The Morgan fingerprint density at radius 3 is 2.61 bits per heavy atom. The number of nitro groups is 1. The number of anilines is 1. The zero-order chi connectivity index (χ0) is 13.9. The Morgan fingerprint density at radius 2 is 2.11 bits per heavy atom. The smallest absolute Gasteiger partial charge is 0.292 e. The number of hydrogen-bond acceptors (Lipinski definition) is 5. The first-order valence-corrected chi connectivity index (χ1v) is 7.51. The van der Waals surface area contributed by atoms with Gasteiger partial charge in [0.1, 0.15) is 15.5 Å². The highest BCUT2D eigenvalue weighted by Gasteiger charge is 2.17. The normalized spacial score (nSPS) is 13.1. The fourth-order valence-corrected chi connectivity index (χ4v) is 2.71. The first-order valence-electron chi connectivity index (χ1n) is 5.07. The van der Waals surface area contributed by atoms with Gasteiger partial charge in [0.05, 0.1) is 10.7 Å². The molecule has 1 aromatic rings. The minimum Gasteiger partial charge on any atom is -0.376 e. The van der Waals surface area contributed by atoms with E-state index in [4.69, 9.17) is 11.6 Å². The molecule has 1 atom stereocenters. The minimum absolute atomic E-state index is 0.114. The maximum atomic E-state index is 11.1. The molecule has 0 heterocycles. The summed E-state index contributed by atoms with van der Waals surface area (Å²) in [5.74, 6) is -0.114. The number of nitrogens with one attached hydrogen (secondary N) is 1.